The molecule has 3 N–H and O–H groups in total. The van der Waals surface area contributed by atoms with Crippen molar-refractivity contribution in [2.24, 2.45) is 5.84 Å². The Bertz CT molecular complexity index is 589. The zero-order chi connectivity index (χ0) is 13.8. The van der Waals surface area contributed by atoms with Crippen molar-refractivity contribution < 1.29 is 14.2 Å². The maximum absolute atomic E-state index is 5.59. The number of aromatic nitrogens is 2. The van der Waals surface area contributed by atoms with Crippen molar-refractivity contribution in [3.05, 3.63) is 41.9 Å². The smallest absolute Gasteiger partial charge is 0.231 e. The Morgan fingerprint density at radius 2 is 2.05 bits per heavy atom. The van der Waals surface area contributed by atoms with Crippen LogP contribution in [0.5, 0.6) is 11.5 Å². The fraction of sp³-hybridized carbons (Fsp3) is 0.231. The van der Waals surface area contributed by atoms with E-state index in [4.69, 9.17) is 20.1 Å². The molecular formula is C13H14N4O3. The lowest BCUT2D eigenvalue weighted by atomic mass is 10.2. The van der Waals surface area contributed by atoms with Crippen molar-refractivity contribution in [1.29, 1.82) is 0 Å². The van der Waals surface area contributed by atoms with Crippen LogP contribution in [0, 0.1) is 0 Å². The minimum atomic E-state index is 0.275. The number of fused-ring (bicyclic) bond motifs is 1. The molecule has 2 heterocycles. The van der Waals surface area contributed by atoms with Crippen molar-refractivity contribution >= 4 is 5.82 Å². The molecule has 0 atom stereocenters. The number of hydrogen-bond donors (Lipinski definition) is 2. The van der Waals surface area contributed by atoms with Crippen LogP contribution in [0.4, 0.5) is 5.82 Å². The molecule has 1 aromatic carbocycles. The first-order valence-corrected chi connectivity index (χ1v) is 6.09. The minimum absolute atomic E-state index is 0.275. The van der Waals surface area contributed by atoms with Crippen molar-refractivity contribution in [3.63, 3.8) is 0 Å². The number of nitrogens with zero attached hydrogens (tertiary/aromatic N) is 2. The number of hydrogen-bond acceptors (Lipinski definition) is 7. The van der Waals surface area contributed by atoms with Crippen LogP contribution in [0.15, 0.2) is 30.6 Å². The lowest BCUT2D eigenvalue weighted by molar-refractivity contribution is 0.104. The molecule has 7 heteroatoms. The highest BCUT2D eigenvalue weighted by molar-refractivity contribution is 5.44. The van der Waals surface area contributed by atoms with Crippen molar-refractivity contribution in [2.75, 3.05) is 12.2 Å². The molecule has 2 aromatic rings. The summed E-state index contributed by atoms with van der Waals surface area (Å²) in [6, 6.07) is 5.73. The second-order valence-corrected chi connectivity index (χ2v) is 4.22. The lowest BCUT2D eigenvalue weighted by Crippen LogP contribution is -2.09. The molecular weight excluding hydrogens is 260 g/mol. The quantitative estimate of drug-likeness (QED) is 0.625. The molecule has 3 rings (SSSR count). The second-order valence-electron chi connectivity index (χ2n) is 4.22. The van der Waals surface area contributed by atoms with Gasteiger partial charge < -0.3 is 19.6 Å². The normalized spacial score (nSPS) is 12.4. The van der Waals surface area contributed by atoms with Gasteiger partial charge in [0.25, 0.3) is 0 Å². The first-order chi connectivity index (χ1) is 9.85. The SMILES string of the molecule is NNc1cnc(COCc2ccc3c(c2)OCO3)cn1. The van der Waals surface area contributed by atoms with Crippen LogP contribution in [0.2, 0.25) is 0 Å². The van der Waals surface area contributed by atoms with E-state index >= 15 is 0 Å². The molecule has 0 amide bonds. The second kappa shape index (κ2) is 5.72. The Hall–Kier alpha value is -2.38. The van der Waals surface area contributed by atoms with E-state index in [1.807, 2.05) is 18.2 Å². The van der Waals surface area contributed by atoms with Crippen LogP contribution in [-0.2, 0) is 18.0 Å². The largest absolute Gasteiger partial charge is 0.454 e. The van der Waals surface area contributed by atoms with E-state index < -0.39 is 0 Å². The first kappa shape index (κ1) is 12.6. The summed E-state index contributed by atoms with van der Waals surface area (Å²) in [5.74, 6) is 7.25. The average Bonchev–Trinajstić information content (AvgIpc) is 2.95. The van der Waals surface area contributed by atoms with Gasteiger partial charge in [0.15, 0.2) is 17.3 Å². The highest BCUT2D eigenvalue weighted by atomic mass is 16.7. The monoisotopic (exact) mass is 274 g/mol. The summed E-state index contributed by atoms with van der Waals surface area (Å²) in [5, 5.41) is 0. The molecule has 1 aliphatic rings. The number of rotatable bonds is 5. The van der Waals surface area contributed by atoms with Gasteiger partial charge in [-0.2, -0.15) is 0 Å². The number of ether oxygens (including phenoxy) is 3. The molecule has 1 aliphatic heterocycles. The van der Waals surface area contributed by atoms with E-state index in [9.17, 15) is 0 Å². The Labute approximate surface area is 115 Å². The third-order valence-corrected chi connectivity index (χ3v) is 2.81. The van der Waals surface area contributed by atoms with Crippen LogP contribution < -0.4 is 20.7 Å². The molecule has 0 saturated heterocycles. The highest BCUT2D eigenvalue weighted by Gasteiger charge is 2.13. The van der Waals surface area contributed by atoms with Crippen molar-refractivity contribution in [2.45, 2.75) is 13.2 Å². The number of nitrogen functional groups attached to an aromatic ring is 1. The first-order valence-electron chi connectivity index (χ1n) is 6.09. The number of hydrazine groups is 1. The summed E-state index contributed by atoms with van der Waals surface area (Å²) < 4.78 is 16.2. The molecule has 0 spiro atoms. The van der Waals surface area contributed by atoms with Gasteiger partial charge in [0.2, 0.25) is 6.79 Å². The van der Waals surface area contributed by atoms with Gasteiger partial charge in [0, 0.05) is 0 Å². The van der Waals surface area contributed by atoms with Gasteiger partial charge in [-0.25, -0.2) is 10.8 Å². The Balaban J connectivity index is 1.54. The molecule has 20 heavy (non-hydrogen) atoms. The molecule has 0 aliphatic carbocycles. The molecule has 0 bridgehead atoms. The number of nitrogens with two attached hydrogens (primary N) is 1. The summed E-state index contributed by atoms with van der Waals surface area (Å²) in [6.45, 7) is 1.12. The molecule has 0 fully saturated rings. The summed E-state index contributed by atoms with van der Waals surface area (Å²) in [5.41, 5.74) is 4.18. The molecule has 104 valence electrons. The predicted molar refractivity (Wildman–Crippen MR) is 70.9 cm³/mol. The summed E-state index contributed by atoms with van der Waals surface area (Å²) in [7, 11) is 0. The van der Waals surface area contributed by atoms with Gasteiger partial charge in [0.05, 0.1) is 31.3 Å². The Kier molecular flexibility index (Phi) is 3.62. The average molecular weight is 274 g/mol. The van der Waals surface area contributed by atoms with E-state index in [-0.39, 0.29) is 6.79 Å². The third-order valence-electron chi connectivity index (χ3n) is 2.81. The summed E-state index contributed by atoms with van der Waals surface area (Å²) in [4.78, 5) is 8.22. The van der Waals surface area contributed by atoms with E-state index in [2.05, 4.69) is 15.4 Å². The van der Waals surface area contributed by atoms with E-state index in [1.165, 1.54) is 0 Å². The molecule has 0 unspecified atom stereocenters. The lowest BCUT2D eigenvalue weighted by Gasteiger charge is -2.05. The van der Waals surface area contributed by atoms with Crippen LogP contribution in [0.1, 0.15) is 11.3 Å². The van der Waals surface area contributed by atoms with Gasteiger partial charge in [-0.15, -0.1) is 0 Å². The van der Waals surface area contributed by atoms with Gasteiger partial charge in [-0.3, -0.25) is 4.98 Å². The fourth-order valence-corrected chi connectivity index (χ4v) is 1.81. The maximum atomic E-state index is 5.59. The fourth-order valence-electron chi connectivity index (χ4n) is 1.81. The van der Waals surface area contributed by atoms with Crippen molar-refractivity contribution in [3.8, 4) is 11.5 Å². The molecule has 0 radical (unpaired) electrons. The van der Waals surface area contributed by atoms with Crippen LogP contribution in [-0.4, -0.2) is 16.8 Å². The minimum Gasteiger partial charge on any atom is -0.454 e. The topological polar surface area (TPSA) is 91.5 Å². The molecule has 7 nitrogen and oxygen atoms in total. The maximum Gasteiger partial charge on any atom is 0.231 e. The Morgan fingerprint density at radius 3 is 2.85 bits per heavy atom. The zero-order valence-electron chi connectivity index (χ0n) is 10.7. The molecule has 0 saturated carbocycles. The zero-order valence-corrected chi connectivity index (χ0v) is 10.7. The van der Waals surface area contributed by atoms with E-state index in [0.717, 1.165) is 22.8 Å². The third kappa shape index (κ3) is 2.79. The van der Waals surface area contributed by atoms with Crippen LogP contribution in [0.3, 0.4) is 0 Å². The predicted octanol–water partition coefficient (Wildman–Crippen LogP) is 1.21. The van der Waals surface area contributed by atoms with Crippen LogP contribution >= 0.6 is 0 Å². The van der Waals surface area contributed by atoms with E-state index in [0.29, 0.717) is 19.0 Å². The molecule has 1 aromatic heterocycles. The number of nitrogens with one attached hydrogen (secondary N) is 1. The standard InChI is InChI=1S/C13H14N4O3/c14-17-13-5-15-10(4-16-13)7-18-6-9-1-2-11-12(3-9)20-8-19-11/h1-5H,6-8,14H2,(H,16,17). The van der Waals surface area contributed by atoms with Gasteiger partial charge >= 0.3 is 0 Å². The van der Waals surface area contributed by atoms with Gasteiger partial charge in [0.1, 0.15) is 0 Å². The van der Waals surface area contributed by atoms with E-state index in [1.54, 1.807) is 12.4 Å². The van der Waals surface area contributed by atoms with Crippen molar-refractivity contribution in [1.82, 2.24) is 9.97 Å². The summed E-state index contributed by atoms with van der Waals surface area (Å²) >= 11 is 0. The summed E-state index contributed by atoms with van der Waals surface area (Å²) in [6.07, 6.45) is 3.17. The number of anilines is 1. The van der Waals surface area contributed by atoms with Crippen LogP contribution in [0.25, 0.3) is 0 Å². The highest BCUT2D eigenvalue weighted by Crippen LogP contribution is 2.32. The Morgan fingerprint density at radius 1 is 1.15 bits per heavy atom. The number of benzene rings is 1. The van der Waals surface area contributed by atoms with Gasteiger partial charge in [-0.1, -0.05) is 6.07 Å². The van der Waals surface area contributed by atoms with Gasteiger partial charge in [-0.05, 0) is 17.7 Å².